The van der Waals surface area contributed by atoms with E-state index < -0.39 is 33.3 Å². The molecule has 1 fully saturated rings. The Morgan fingerprint density at radius 2 is 1.90 bits per heavy atom. The molecule has 2 aromatic carbocycles. The van der Waals surface area contributed by atoms with Crippen LogP contribution < -0.4 is 11.1 Å². The number of carbonyl (C=O) groups is 1. The van der Waals surface area contributed by atoms with Crippen molar-refractivity contribution in [3.8, 4) is 11.1 Å². The first-order valence-corrected chi connectivity index (χ1v) is 14.7. The average Bonchev–Trinajstić information content (AvgIpc) is 3.26. The largest absolute Gasteiger partial charge is 0.444 e. The quantitative estimate of drug-likeness (QED) is 0.312. The van der Waals surface area contributed by atoms with Gasteiger partial charge >= 0.3 is 12.3 Å². The van der Waals surface area contributed by atoms with Gasteiger partial charge in [-0.3, -0.25) is 0 Å². The highest BCUT2D eigenvalue weighted by atomic mass is 35.5. The summed E-state index contributed by atoms with van der Waals surface area (Å²) in [5.74, 6) is -0.593. The molecule has 0 saturated carbocycles. The third-order valence-electron chi connectivity index (χ3n) is 6.28. The molecule has 1 aliphatic rings. The Labute approximate surface area is 240 Å². The van der Waals surface area contributed by atoms with E-state index in [1.807, 2.05) is 0 Å². The van der Waals surface area contributed by atoms with Gasteiger partial charge in [-0.15, -0.1) is 5.10 Å². The Balaban J connectivity index is 1.54. The molecule has 0 radical (unpaired) electrons. The highest BCUT2D eigenvalue weighted by molar-refractivity contribution is 7.91. The number of ether oxygens (including phenoxy) is 1. The molecule has 0 aliphatic carbocycles. The lowest BCUT2D eigenvalue weighted by Gasteiger charge is -2.34. The molecule has 1 aliphatic heterocycles. The fraction of sp³-hybridized carbons (Fsp3) is 0.423. The van der Waals surface area contributed by atoms with Crippen molar-refractivity contribution in [3.63, 3.8) is 0 Å². The Hall–Kier alpha value is -3.52. The molecule has 3 aromatic rings. The summed E-state index contributed by atoms with van der Waals surface area (Å²) in [5, 5.41) is 8.50. The lowest BCUT2D eigenvalue weighted by molar-refractivity contribution is -0.137. The van der Waals surface area contributed by atoms with Crippen LogP contribution in [0.4, 0.5) is 35.5 Å². The predicted molar refractivity (Wildman–Crippen MR) is 149 cm³/mol. The van der Waals surface area contributed by atoms with Crippen molar-refractivity contribution in [3.05, 3.63) is 47.0 Å². The number of piperidine rings is 1. The van der Waals surface area contributed by atoms with Crippen LogP contribution >= 0.6 is 11.6 Å². The molecule has 1 aromatic heterocycles. The second-order valence-electron chi connectivity index (χ2n) is 10.8. The van der Waals surface area contributed by atoms with Gasteiger partial charge < -0.3 is 20.7 Å². The van der Waals surface area contributed by atoms with Crippen LogP contribution in [0.2, 0.25) is 5.02 Å². The monoisotopic (exact) mass is 614 g/mol. The first kappa shape index (κ1) is 30.4. The number of nitrogen functional groups attached to an aromatic ring is 1. The van der Waals surface area contributed by atoms with Crippen LogP contribution in [0.25, 0.3) is 11.1 Å². The zero-order chi connectivity index (χ0) is 30.2. The number of nitrogens with one attached hydrogen (secondary N) is 2. The lowest BCUT2D eigenvalue weighted by Crippen LogP contribution is -2.44. The molecule has 10 nitrogen and oxygen atoms in total. The van der Waals surface area contributed by atoms with E-state index in [-0.39, 0.29) is 56.8 Å². The van der Waals surface area contributed by atoms with Crippen LogP contribution in [-0.2, 0) is 20.8 Å². The van der Waals surface area contributed by atoms with E-state index in [9.17, 15) is 26.4 Å². The first-order valence-electron chi connectivity index (χ1n) is 12.7. The zero-order valence-corrected chi connectivity index (χ0v) is 24.1. The van der Waals surface area contributed by atoms with E-state index >= 15 is 0 Å². The van der Waals surface area contributed by atoms with Crippen LogP contribution in [0.5, 0.6) is 0 Å². The summed E-state index contributed by atoms with van der Waals surface area (Å²) >= 11 is 6.31. The molecule has 0 spiro atoms. The molecule has 1 amide bonds. The van der Waals surface area contributed by atoms with Crippen molar-refractivity contribution in [2.45, 2.75) is 50.3 Å². The fourth-order valence-corrected chi connectivity index (χ4v) is 6.55. The molecule has 222 valence electrons. The number of likely N-dealkylation sites (tertiary alicyclic amines) is 1. The number of carbonyl (C=O) groups excluding carboxylic acids is 1. The van der Waals surface area contributed by atoms with Crippen molar-refractivity contribution in [2.75, 3.05) is 29.9 Å². The topological polar surface area (TPSA) is 143 Å². The SMILES string of the molecule is CC(C)(C)OC(=O)N1CCCC(CS(=O)(=O)c2ccc(-c3c(Cl)cc(Nc4n[nH]c(N)n4)cc3C(F)(F)F)cc2)C1. The summed E-state index contributed by atoms with van der Waals surface area (Å²) < 4.78 is 74.0. The number of hydrogen-bond donors (Lipinski definition) is 3. The van der Waals surface area contributed by atoms with E-state index in [4.69, 9.17) is 22.1 Å². The number of alkyl halides is 3. The van der Waals surface area contributed by atoms with Crippen molar-refractivity contribution >= 4 is 45.1 Å². The van der Waals surface area contributed by atoms with Gasteiger partial charge in [0.05, 0.1) is 21.2 Å². The molecule has 41 heavy (non-hydrogen) atoms. The number of sulfone groups is 1. The maximum Gasteiger partial charge on any atom is 0.417 e. The molecule has 0 bridgehead atoms. The number of nitrogens with zero attached hydrogens (tertiary/aromatic N) is 3. The van der Waals surface area contributed by atoms with Crippen LogP contribution in [0.3, 0.4) is 0 Å². The van der Waals surface area contributed by atoms with Crippen LogP contribution in [-0.4, -0.2) is 59.0 Å². The Morgan fingerprint density at radius 1 is 1.22 bits per heavy atom. The van der Waals surface area contributed by atoms with Gasteiger partial charge in [-0.25, -0.2) is 18.3 Å². The number of rotatable bonds is 6. The van der Waals surface area contributed by atoms with Crippen LogP contribution in [0, 0.1) is 5.92 Å². The van der Waals surface area contributed by atoms with Gasteiger partial charge in [0.1, 0.15) is 5.60 Å². The van der Waals surface area contributed by atoms with Crippen LogP contribution in [0.15, 0.2) is 41.3 Å². The third-order valence-corrected chi connectivity index (χ3v) is 8.48. The summed E-state index contributed by atoms with van der Waals surface area (Å²) in [7, 11) is -3.80. The summed E-state index contributed by atoms with van der Waals surface area (Å²) in [6.45, 7) is 5.98. The second-order valence-corrected chi connectivity index (χ2v) is 13.2. The number of nitrogens with two attached hydrogens (primary N) is 1. The molecule has 2 heterocycles. The molecule has 15 heteroatoms. The minimum atomic E-state index is -4.78. The summed E-state index contributed by atoms with van der Waals surface area (Å²) in [5.41, 5.74) is 3.52. The van der Waals surface area contributed by atoms with Gasteiger partial charge in [0.15, 0.2) is 9.84 Å². The molecule has 1 unspecified atom stereocenters. The summed E-state index contributed by atoms with van der Waals surface area (Å²) in [4.78, 5) is 17.7. The van der Waals surface area contributed by atoms with Crippen molar-refractivity contribution in [2.24, 2.45) is 5.92 Å². The van der Waals surface area contributed by atoms with Crippen molar-refractivity contribution in [1.29, 1.82) is 0 Å². The van der Waals surface area contributed by atoms with E-state index in [1.54, 1.807) is 20.8 Å². The number of hydrogen-bond acceptors (Lipinski definition) is 8. The van der Waals surface area contributed by atoms with E-state index in [2.05, 4.69) is 20.5 Å². The number of aromatic amines is 1. The van der Waals surface area contributed by atoms with Gasteiger partial charge in [0.25, 0.3) is 0 Å². The van der Waals surface area contributed by atoms with E-state index in [0.717, 1.165) is 6.07 Å². The smallest absolute Gasteiger partial charge is 0.417 e. The molecular formula is C26H30ClF3N6O4S. The Kier molecular flexibility index (Phi) is 8.46. The van der Waals surface area contributed by atoms with E-state index in [1.165, 1.54) is 35.2 Å². The Bertz CT molecular complexity index is 1520. The average molecular weight is 615 g/mol. The number of aromatic nitrogens is 3. The van der Waals surface area contributed by atoms with Crippen molar-refractivity contribution < 1.29 is 31.1 Å². The summed E-state index contributed by atoms with van der Waals surface area (Å²) in [6.07, 6.45) is -4.03. The molecule has 1 saturated heterocycles. The molecule has 4 rings (SSSR count). The number of amides is 1. The maximum absolute atomic E-state index is 14.1. The summed E-state index contributed by atoms with van der Waals surface area (Å²) in [6, 6.07) is 7.25. The number of halogens is 4. The highest BCUT2D eigenvalue weighted by Gasteiger charge is 2.36. The van der Waals surface area contributed by atoms with Gasteiger partial charge in [0, 0.05) is 24.3 Å². The number of anilines is 3. The minimum Gasteiger partial charge on any atom is -0.444 e. The van der Waals surface area contributed by atoms with Crippen LogP contribution in [0.1, 0.15) is 39.2 Å². The zero-order valence-electron chi connectivity index (χ0n) is 22.5. The van der Waals surface area contributed by atoms with Gasteiger partial charge in [-0.1, -0.05) is 23.7 Å². The van der Waals surface area contributed by atoms with Gasteiger partial charge in [-0.05, 0) is 69.4 Å². The lowest BCUT2D eigenvalue weighted by atomic mass is 9.98. The maximum atomic E-state index is 14.1. The van der Waals surface area contributed by atoms with Gasteiger partial charge in [-0.2, -0.15) is 18.2 Å². The normalized spacial score (nSPS) is 16.5. The third kappa shape index (κ3) is 7.61. The molecular weight excluding hydrogens is 585 g/mol. The second kappa shape index (κ2) is 11.4. The first-order chi connectivity index (χ1) is 19.0. The highest BCUT2D eigenvalue weighted by Crippen LogP contribution is 2.43. The van der Waals surface area contributed by atoms with Gasteiger partial charge in [0.2, 0.25) is 11.9 Å². The van der Waals surface area contributed by atoms with E-state index in [0.29, 0.717) is 19.4 Å². The number of H-pyrrole nitrogens is 1. The predicted octanol–water partition coefficient (Wildman–Crippen LogP) is 5.89. The number of benzene rings is 2. The van der Waals surface area contributed by atoms with Crippen molar-refractivity contribution in [1.82, 2.24) is 20.1 Å². The fourth-order valence-electron chi connectivity index (χ4n) is 4.58. The Morgan fingerprint density at radius 3 is 2.49 bits per heavy atom. The minimum absolute atomic E-state index is 0.0165. The molecule has 4 N–H and O–H groups in total. The standard InChI is InChI=1S/C26H30ClF3N6O4S/c1-25(2,3)40-24(37)36-10-4-5-15(13-36)14-41(38,39)18-8-6-16(7-9-18)21-19(26(28,29)30)11-17(12-20(21)27)32-23-33-22(31)34-35-23/h6-9,11-12,15H,4-5,10,13-14H2,1-3H3,(H4,31,32,33,34,35). The molecule has 1 atom stereocenters.